The lowest BCUT2D eigenvalue weighted by Crippen LogP contribution is -2.46. The number of carbonyl (C=O) groups is 1. The number of anilines is 2. The third kappa shape index (κ3) is 2.95. The third-order valence-corrected chi connectivity index (χ3v) is 3.71. The first-order chi connectivity index (χ1) is 10.1. The summed E-state index contributed by atoms with van der Waals surface area (Å²) in [5.74, 6) is -1.08. The van der Waals surface area contributed by atoms with Crippen LogP contribution in [0.4, 0.5) is 11.7 Å². The van der Waals surface area contributed by atoms with Gasteiger partial charge in [0, 0.05) is 36.9 Å². The van der Waals surface area contributed by atoms with Crippen LogP contribution in [-0.4, -0.2) is 42.2 Å². The second-order valence-electron chi connectivity index (χ2n) is 4.77. The zero-order valence-corrected chi connectivity index (χ0v) is 12.0. The number of hydrogen-bond acceptors (Lipinski definition) is 5. The Labute approximate surface area is 126 Å². The molecule has 1 aromatic carbocycles. The fourth-order valence-corrected chi connectivity index (χ4v) is 2.44. The number of oxazole rings is 1. The minimum Gasteiger partial charge on any atom is -0.476 e. The van der Waals surface area contributed by atoms with E-state index in [0.717, 1.165) is 36.9 Å². The molecule has 21 heavy (non-hydrogen) atoms. The predicted octanol–water partition coefficient (Wildman–Crippen LogP) is 2.35. The van der Waals surface area contributed by atoms with Crippen molar-refractivity contribution in [3.8, 4) is 0 Å². The molecule has 0 spiro atoms. The fourth-order valence-electron chi connectivity index (χ4n) is 2.32. The zero-order chi connectivity index (χ0) is 14.8. The van der Waals surface area contributed by atoms with Crippen molar-refractivity contribution in [3.05, 3.63) is 41.2 Å². The molecular formula is C14H14ClN3O3. The number of rotatable bonds is 3. The lowest BCUT2D eigenvalue weighted by Gasteiger charge is -2.35. The number of nitrogens with zero attached hydrogens (tertiary/aromatic N) is 3. The monoisotopic (exact) mass is 307 g/mol. The summed E-state index contributed by atoms with van der Waals surface area (Å²) < 4.78 is 5.22. The van der Waals surface area contributed by atoms with Gasteiger partial charge in [0.15, 0.2) is 5.69 Å². The van der Waals surface area contributed by atoms with E-state index in [0.29, 0.717) is 6.01 Å². The fraction of sp³-hybridized carbons (Fsp3) is 0.286. The molecule has 2 aromatic rings. The van der Waals surface area contributed by atoms with Crippen molar-refractivity contribution < 1.29 is 14.3 Å². The molecule has 0 atom stereocenters. The van der Waals surface area contributed by atoms with Crippen LogP contribution < -0.4 is 9.80 Å². The maximum Gasteiger partial charge on any atom is 0.357 e. The molecule has 110 valence electrons. The van der Waals surface area contributed by atoms with Gasteiger partial charge in [0.05, 0.1) is 0 Å². The predicted molar refractivity (Wildman–Crippen MR) is 79.3 cm³/mol. The number of benzene rings is 1. The summed E-state index contributed by atoms with van der Waals surface area (Å²) in [5, 5.41) is 9.57. The Kier molecular flexibility index (Phi) is 3.70. The van der Waals surface area contributed by atoms with Gasteiger partial charge < -0.3 is 19.3 Å². The highest BCUT2D eigenvalue weighted by atomic mass is 35.5. The molecule has 7 heteroatoms. The number of piperazine rings is 1. The average Bonchev–Trinajstić information content (AvgIpc) is 2.98. The van der Waals surface area contributed by atoms with Gasteiger partial charge in [-0.15, -0.1) is 0 Å². The van der Waals surface area contributed by atoms with E-state index in [-0.39, 0.29) is 5.69 Å². The summed E-state index contributed by atoms with van der Waals surface area (Å²) in [4.78, 5) is 19.0. The Morgan fingerprint density at radius 1 is 1.14 bits per heavy atom. The van der Waals surface area contributed by atoms with Crippen molar-refractivity contribution in [2.45, 2.75) is 0 Å². The number of aromatic nitrogens is 1. The van der Waals surface area contributed by atoms with E-state index in [2.05, 4.69) is 9.88 Å². The van der Waals surface area contributed by atoms with Gasteiger partial charge in [0.1, 0.15) is 6.26 Å². The van der Waals surface area contributed by atoms with E-state index < -0.39 is 5.97 Å². The van der Waals surface area contributed by atoms with Gasteiger partial charge in [-0.05, 0) is 24.3 Å². The number of carboxylic acid groups (broad SMARTS) is 1. The van der Waals surface area contributed by atoms with E-state index in [4.69, 9.17) is 21.1 Å². The van der Waals surface area contributed by atoms with Gasteiger partial charge in [-0.3, -0.25) is 0 Å². The average molecular weight is 308 g/mol. The molecule has 6 nitrogen and oxygen atoms in total. The van der Waals surface area contributed by atoms with Crippen LogP contribution in [0.25, 0.3) is 0 Å². The molecule has 0 saturated carbocycles. The van der Waals surface area contributed by atoms with Crippen LogP contribution in [0.15, 0.2) is 34.9 Å². The largest absolute Gasteiger partial charge is 0.476 e. The number of hydrogen-bond donors (Lipinski definition) is 1. The van der Waals surface area contributed by atoms with Crippen molar-refractivity contribution in [1.82, 2.24) is 4.98 Å². The minimum atomic E-state index is -1.08. The molecule has 0 aliphatic carbocycles. The van der Waals surface area contributed by atoms with Crippen molar-refractivity contribution in [2.24, 2.45) is 0 Å². The van der Waals surface area contributed by atoms with Crippen LogP contribution in [-0.2, 0) is 0 Å². The van der Waals surface area contributed by atoms with Gasteiger partial charge in [-0.1, -0.05) is 11.6 Å². The normalized spacial score (nSPS) is 15.3. The lowest BCUT2D eigenvalue weighted by atomic mass is 10.2. The van der Waals surface area contributed by atoms with Crippen molar-refractivity contribution in [1.29, 1.82) is 0 Å². The van der Waals surface area contributed by atoms with Crippen LogP contribution in [0.1, 0.15) is 10.5 Å². The van der Waals surface area contributed by atoms with Crippen LogP contribution in [0.3, 0.4) is 0 Å². The summed E-state index contributed by atoms with van der Waals surface area (Å²) in [7, 11) is 0. The van der Waals surface area contributed by atoms with Gasteiger partial charge in [-0.25, -0.2) is 4.79 Å². The standard InChI is InChI=1S/C14H14ClN3O3/c15-10-1-3-11(4-2-10)17-5-7-18(8-6-17)14-16-12(9-21-14)13(19)20/h1-4,9H,5-8H2,(H,19,20). The van der Waals surface area contributed by atoms with E-state index >= 15 is 0 Å². The molecule has 1 N–H and O–H groups in total. The molecule has 2 heterocycles. The molecule has 0 bridgehead atoms. The van der Waals surface area contributed by atoms with E-state index in [9.17, 15) is 4.79 Å². The van der Waals surface area contributed by atoms with E-state index in [1.807, 2.05) is 29.2 Å². The maximum absolute atomic E-state index is 10.8. The summed E-state index contributed by atoms with van der Waals surface area (Å²) in [6.45, 7) is 3.07. The second kappa shape index (κ2) is 5.65. The van der Waals surface area contributed by atoms with E-state index in [1.54, 1.807) is 0 Å². The molecule has 1 saturated heterocycles. The Bertz CT molecular complexity index is 633. The Morgan fingerprint density at radius 2 is 1.76 bits per heavy atom. The summed E-state index contributed by atoms with van der Waals surface area (Å²) in [5.41, 5.74) is 1.06. The maximum atomic E-state index is 10.8. The van der Waals surface area contributed by atoms with Gasteiger partial charge in [0.2, 0.25) is 0 Å². The Hall–Kier alpha value is -2.21. The number of carboxylic acids is 1. The number of aromatic carboxylic acids is 1. The van der Waals surface area contributed by atoms with Crippen LogP contribution in [0.5, 0.6) is 0 Å². The smallest absolute Gasteiger partial charge is 0.357 e. The van der Waals surface area contributed by atoms with E-state index in [1.165, 1.54) is 6.26 Å². The Morgan fingerprint density at radius 3 is 2.33 bits per heavy atom. The van der Waals surface area contributed by atoms with Gasteiger partial charge in [-0.2, -0.15) is 4.98 Å². The highest BCUT2D eigenvalue weighted by Gasteiger charge is 2.22. The quantitative estimate of drug-likeness (QED) is 0.938. The minimum absolute atomic E-state index is 0.0647. The van der Waals surface area contributed by atoms with Crippen molar-refractivity contribution >= 4 is 29.3 Å². The molecule has 3 rings (SSSR count). The SMILES string of the molecule is O=C(O)c1coc(N2CCN(c3ccc(Cl)cc3)CC2)n1. The van der Waals surface area contributed by atoms with Crippen LogP contribution >= 0.6 is 11.6 Å². The first-order valence-corrected chi connectivity index (χ1v) is 6.95. The van der Waals surface area contributed by atoms with Gasteiger partial charge in [0.25, 0.3) is 6.01 Å². The molecule has 1 aromatic heterocycles. The number of halogens is 1. The highest BCUT2D eigenvalue weighted by molar-refractivity contribution is 6.30. The summed E-state index contributed by atoms with van der Waals surface area (Å²) in [6.07, 6.45) is 1.17. The molecule has 1 aliphatic heterocycles. The Balaban J connectivity index is 1.64. The molecular weight excluding hydrogens is 294 g/mol. The first kappa shape index (κ1) is 13.8. The highest BCUT2D eigenvalue weighted by Crippen LogP contribution is 2.21. The topological polar surface area (TPSA) is 69.8 Å². The third-order valence-electron chi connectivity index (χ3n) is 3.45. The zero-order valence-electron chi connectivity index (χ0n) is 11.2. The molecule has 0 radical (unpaired) electrons. The van der Waals surface area contributed by atoms with Crippen molar-refractivity contribution in [3.63, 3.8) is 0 Å². The molecule has 1 fully saturated rings. The molecule has 1 aliphatic rings. The summed E-state index contributed by atoms with van der Waals surface area (Å²) in [6, 6.07) is 8.09. The second-order valence-corrected chi connectivity index (χ2v) is 5.21. The molecule has 0 amide bonds. The first-order valence-electron chi connectivity index (χ1n) is 6.58. The molecule has 0 unspecified atom stereocenters. The van der Waals surface area contributed by atoms with Crippen molar-refractivity contribution in [2.75, 3.05) is 36.0 Å². The van der Waals surface area contributed by atoms with Gasteiger partial charge >= 0.3 is 5.97 Å². The summed E-state index contributed by atoms with van der Waals surface area (Å²) >= 11 is 5.89. The lowest BCUT2D eigenvalue weighted by molar-refractivity contribution is 0.0690. The van der Waals surface area contributed by atoms with Crippen LogP contribution in [0, 0.1) is 0 Å². The van der Waals surface area contributed by atoms with Crippen LogP contribution in [0.2, 0.25) is 5.02 Å².